The number of aromatic nitrogens is 3. The quantitative estimate of drug-likeness (QED) is 0.696. The van der Waals surface area contributed by atoms with Gasteiger partial charge in [-0.3, -0.25) is 0 Å². The molecule has 4 nitrogen and oxygen atoms in total. The monoisotopic (exact) mass is 312 g/mol. The summed E-state index contributed by atoms with van der Waals surface area (Å²) in [6.07, 6.45) is 1.59. The Hall–Kier alpha value is -1.01. The fraction of sp³-hybridized carbons (Fsp3) is 0.273. The molecule has 1 aromatic carbocycles. The summed E-state index contributed by atoms with van der Waals surface area (Å²) in [5.41, 5.74) is 6.46. The van der Waals surface area contributed by atoms with E-state index in [0.29, 0.717) is 0 Å². The predicted octanol–water partition coefficient (Wildman–Crippen LogP) is 2.94. The van der Waals surface area contributed by atoms with Crippen LogP contribution in [0.5, 0.6) is 0 Å². The van der Waals surface area contributed by atoms with Gasteiger partial charge in [0.05, 0.1) is 5.75 Å². The van der Waals surface area contributed by atoms with Gasteiger partial charge in [0, 0.05) is 21.6 Å². The van der Waals surface area contributed by atoms with Gasteiger partial charge in [0.2, 0.25) is 0 Å². The molecule has 0 unspecified atom stereocenters. The lowest BCUT2D eigenvalue weighted by Crippen LogP contribution is -2.02. The molecule has 0 spiro atoms. The van der Waals surface area contributed by atoms with E-state index in [-0.39, 0.29) is 0 Å². The smallest absolute Gasteiger partial charge is 0.138 e. The van der Waals surface area contributed by atoms with Crippen LogP contribution in [0.2, 0.25) is 0 Å². The second-order valence-corrected chi connectivity index (χ2v) is 5.34. The van der Waals surface area contributed by atoms with Crippen LogP contribution in [0.3, 0.4) is 0 Å². The van der Waals surface area contributed by atoms with Gasteiger partial charge in [-0.05, 0) is 41.1 Å². The summed E-state index contributed by atoms with van der Waals surface area (Å²) in [6, 6.07) is 5.82. The molecule has 0 radical (unpaired) electrons. The first-order valence-corrected chi connectivity index (χ1v) is 7.03. The van der Waals surface area contributed by atoms with E-state index < -0.39 is 0 Å². The highest BCUT2D eigenvalue weighted by Gasteiger charge is 2.06. The second-order valence-electron chi connectivity index (χ2n) is 3.47. The third kappa shape index (κ3) is 3.01. The largest absolute Gasteiger partial charge is 0.399 e. The summed E-state index contributed by atoms with van der Waals surface area (Å²) >= 11 is 5.22. The molecule has 2 rings (SSSR count). The van der Waals surface area contributed by atoms with Crippen LogP contribution >= 0.6 is 27.7 Å². The molecule has 0 atom stereocenters. The first-order chi connectivity index (χ1) is 8.20. The summed E-state index contributed by atoms with van der Waals surface area (Å²) in [7, 11) is 0. The van der Waals surface area contributed by atoms with E-state index in [1.807, 2.05) is 22.9 Å². The third-order valence-corrected chi connectivity index (χ3v) is 4.30. The molecule has 0 bridgehead atoms. The molecule has 0 saturated carbocycles. The Kier molecular flexibility index (Phi) is 4.06. The number of nitrogen functional groups attached to an aromatic ring is 1. The van der Waals surface area contributed by atoms with Crippen molar-refractivity contribution in [3.05, 3.63) is 34.8 Å². The molecule has 6 heteroatoms. The maximum Gasteiger partial charge on any atom is 0.138 e. The Bertz CT molecular complexity index is 512. The highest BCUT2D eigenvalue weighted by molar-refractivity contribution is 9.10. The average Bonchev–Trinajstić information content (AvgIpc) is 2.75. The van der Waals surface area contributed by atoms with E-state index in [1.165, 1.54) is 0 Å². The molecule has 1 aromatic heterocycles. The fourth-order valence-electron chi connectivity index (χ4n) is 1.44. The van der Waals surface area contributed by atoms with Crippen molar-refractivity contribution in [3.63, 3.8) is 0 Å². The van der Waals surface area contributed by atoms with Crippen LogP contribution in [0.15, 0.2) is 33.9 Å². The zero-order chi connectivity index (χ0) is 12.3. The Morgan fingerprint density at radius 2 is 2.29 bits per heavy atom. The lowest BCUT2D eigenvalue weighted by molar-refractivity contribution is 0.632. The van der Waals surface area contributed by atoms with Crippen molar-refractivity contribution in [2.24, 2.45) is 0 Å². The number of rotatable bonds is 4. The minimum atomic E-state index is 0.762. The lowest BCUT2D eigenvalue weighted by Gasteiger charge is -2.05. The molecule has 2 N–H and O–H groups in total. The van der Waals surface area contributed by atoms with Crippen LogP contribution in [-0.2, 0) is 12.3 Å². The molecule has 0 saturated heterocycles. The highest BCUT2D eigenvalue weighted by Crippen LogP contribution is 2.30. The van der Waals surface area contributed by atoms with E-state index in [2.05, 4.69) is 32.9 Å². The van der Waals surface area contributed by atoms with Crippen molar-refractivity contribution >= 4 is 33.4 Å². The van der Waals surface area contributed by atoms with E-state index in [1.54, 1.807) is 18.1 Å². The number of aryl methyl sites for hydroxylation is 1. The van der Waals surface area contributed by atoms with Crippen LogP contribution in [0, 0.1) is 0 Å². The molecule has 90 valence electrons. The van der Waals surface area contributed by atoms with Gasteiger partial charge in [-0.1, -0.05) is 0 Å². The topological polar surface area (TPSA) is 56.7 Å². The van der Waals surface area contributed by atoms with E-state index in [4.69, 9.17) is 5.73 Å². The number of thioether (sulfide) groups is 1. The first-order valence-electron chi connectivity index (χ1n) is 5.25. The second kappa shape index (κ2) is 5.55. The standard InChI is InChI=1S/C11H13BrN4S/c1-2-16-11(14-7-15-16)6-17-10-4-3-8(13)5-9(10)12/h3-5,7H,2,6,13H2,1H3. The molecule has 0 aliphatic rings. The summed E-state index contributed by atoms with van der Waals surface area (Å²) in [6.45, 7) is 2.90. The Morgan fingerprint density at radius 3 is 3.00 bits per heavy atom. The van der Waals surface area contributed by atoms with Crippen molar-refractivity contribution in [2.75, 3.05) is 5.73 Å². The van der Waals surface area contributed by atoms with Crippen molar-refractivity contribution in [1.82, 2.24) is 14.8 Å². The van der Waals surface area contributed by atoms with Crippen molar-refractivity contribution in [3.8, 4) is 0 Å². The van der Waals surface area contributed by atoms with Crippen molar-refractivity contribution < 1.29 is 0 Å². The Labute approximate surface area is 113 Å². The molecular weight excluding hydrogens is 300 g/mol. The van der Waals surface area contributed by atoms with Crippen molar-refractivity contribution in [1.29, 1.82) is 0 Å². The van der Waals surface area contributed by atoms with Gasteiger partial charge in [-0.25, -0.2) is 9.67 Å². The number of benzene rings is 1. The number of anilines is 1. The summed E-state index contributed by atoms with van der Waals surface area (Å²) < 4.78 is 2.92. The molecule has 1 heterocycles. The van der Waals surface area contributed by atoms with Gasteiger partial charge in [-0.15, -0.1) is 11.8 Å². The van der Waals surface area contributed by atoms with E-state index in [9.17, 15) is 0 Å². The minimum absolute atomic E-state index is 0.762. The minimum Gasteiger partial charge on any atom is -0.399 e. The SMILES string of the molecule is CCn1ncnc1CSc1ccc(N)cc1Br. The van der Waals surface area contributed by atoms with Gasteiger partial charge >= 0.3 is 0 Å². The van der Waals surface area contributed by atoms with Gasteiger partial charge in [0.15, 0.2) is 0 Å². The van der Waals surface area contributed by atoms with Gasteiger partial charge in [0.25, 0.3) is 0 Å². The lowest BCUT2D eigenvalue weighted by atomic mass is 10.3. The van der Waals surface area contributed by atoms with E-state index in [0.717, 1.165) is 33.2 Å². The van der Waals surface area contributed by atoms with Crippen LogP contribution in [0.25, 0.3) is 0 Å². The van der Waals surface area contributed by atoms with Crippen LogP contribution in [0.4, 0.5) is 5.69 Å². The Balaban J connectivity index is 2.07. The zero-order valence-corrected chi connectivity index (χ0v) is 11.8. The summed E-state index contributed by atoms with van der Waals surface area (Å²) in [5.74, 6) is 1.79. The summed E-state index contributed by atoms with van der Waals surface area (Å²) in [4.78, 5) is 5.40. The third-order valence-electron chi connectivity index (χ3n) is 2.31. The number of nitrogens with two attached hydrogens (primary N) is 1. The number of nitrogens with zero attached hydrogens (tertiary/aromatic N) is 3. The Morgan fingerprint density at radius 1 is 1.47 bits per heavy atom. The van der Waals surface area contributed by atoms with E-state index >= 15 is 0 Å². The zero-order valence-electron chi connectivity index (χ0n) is 9.43. The summed E-state index contributed by atoms with van der Waals surface area (Å²) in [5, 5.41) is 4.14. The molecule has 0 amide bonds. The number of hydrogen-bond donors (Lipinski definition) is 1. The molecule has 17 heavy (non-hydrogen) atoms. The first kappa shape index (κ1) is 12.4. The van der Waals surface area contributed by atoms with Gasteiger partial charge in [-0.2, -0.15) is 5.10 Å². The molecule has 0 fully saturated rings. The van der Waals surface area contributed by atoms with Crippen LogP contribution in [0.1, 0.15) is 12.7 Å². The molecular formula is C11H13BrN4S. The van der Waals surface area contributed by atoms with Gasteiger partial charge < -0.3 is 5.73 Å². The fourth-order valence-corrected chi connectivity index (χ4v) is 3.05. The molecule has 2 aromatic rings. The predicted molar refractivity (Wildman–Crippen MR) is 73.8 cm³/mol. The maximum atomic E-state index is 5.70. The number of halogens is 1. The van der Waals surface area contributed by atoms with Crippen LogP contribution < -0.4 is 5.73 Å². The average molecular weight is 313 g/mol. The molecule has 0 aliphatic carbocycles. The van der Waals surface area contributed by atoms with Crippen molar-refractivity contribution in [2.45, 2.75) is 24.1 Å². The maximum absolute atomic E-state index is 5.70. The number of hydrogen-bond acceptors (Lipinski definition) is 4. The van der Waals surface area contributed by atoms with Crippen LogP contribution in [-0.4, -0.2) is 14.8 Å². The normalized spacial score (nSPS) is 10.7. The highest BCUT2D eigenvalue weighted by atomic mass is 79.9. The molecule has 0 aliphatic heterocycles. The van der Waals surface area contributed by atoms with Gasteiger partial charge in [0.1, 0.15) is 12.2 Å².